The van der Waals surface area contributed by atoms with Crippen molar-refractivity contribution in [2.24, 2.45) is 46.5 Å². The first-order chi connectivity index (χ1) is 8.36. The van der Waals surface area contributed by atoms with Gasteiger partial charge in [-0.05, 0) is 0 Å². The van der Waals surface area contributed by atoms with Gasteiger partial charge in [0.2, 0.25) is 0 Å². The summed E-state index contributed by atoms with van der Waals surface area (Å²) in [6.45, 7) is 0. The van der Waals surface area contributed by atoms with E-state index < -0.39 is 10.4 Å². The van der Waals surface area contributed by atoms with E-state index in [1.54, 1.807) is 0 Å². The lowest BCUT2D eigenvalue weighted by Crippen LogP contribution is -2.49. The molecule has 16 nitrogen and oxygen atoms in total. The predicted molar refractivity (Wildman–Crippen MR) is 60.8 cm³/mol. The molecule has 18 N–H and O–H groups in total. The number of hydrogen-bond acceptors (Lipinski definition) is 10. The highest BCUT2D eigenvalue weighted by atomic mass is 32.3. The lowest BCUT2D eigenvalue weighted by Gasteiger charge is -2.06. The van der Waals surface area contributed by atoms with Gasteiger partial charge in [0.15, 0.2) is 0 Å². The van der Waals surface area contributed by atoms with Gasteiger partial charge in [-0.3, -0.25) is 43.3 Å². The summed E-state index contributed by atoms with van der Waals surface area (Å²) >= 11 is 0. The van der Waals surface area contributed by atoms with Gasteiger partial charge in [-0.1, -0.05) is 9.59 Å². The number of hydrazine groups is 6. The molecule has 0 spiro atoms. The summed E-state index contributed by atoms with van der Waals surface area (Å²) in [5.41, 5.74) is 14.0. The van der Waals surface area contributed by atoms with E-state index in [1.807, 2.05) is 10.9 Å². The van der Waals surface area contributed by atoms with E-state index >= 15 is 0 Å². The standard InChI is InChI=1S/2CH8N6.H2O4S/c2*2-1(6-3)7(4)5;1-5(2,3)4/h2*3-5H2,(H2,2,6);(H2,1,2,3,4). The first-order valence-electron chi connectivity index (χ1n) is 3.80. The van der Waals surface area contributed by atoms with E-state index in [9.17, 15) is 0 Å². The Hall–Kier alpha value is -2.47. The van der Waals surface area contributed by atoms with Crippen LogP contribution in [0.15, 0.2) is 0 Å². The summed E-state index contributed by atoms with van der Waals surface area (Å²) in [4.78, 5) is 1.36. The van der Waals surface area contributed by atoms with E-state index in [2.05, 4.69) is 0 Å². The third-order valence-electron chi connectivity index (χ3n) is 0.852. The molecule has 0 atom stereocenters. The molecule has 0 aromatic heterocycles. The minimum atomic E-state index is -5.17. The van der Waals surface area contributed by atoms with Crippen molar-refractivity contribution in [1.29, 1.82) is 0 Å². The maximum absolute atomic E-state index is 8.52. The molecule has 0 saturated carbocycles. The van der Waals surface area contributed by atoms with Crippen LogP contribution in [0.25, 0.3) is 0 Å². The zero-order chi connectivity index (χ0) is 16.2. The number of rotatable bonds is 0. The topological polar surface area (TPSA) is 318 Å². The molecule has 17 heteroatoms. The van der Waals surface area contributed by atoms with Gasteiger partial charge in [0.1, 0.15) is 0 Å². The molecule has 0 rings (SSSR count). The van der Waals surface area contributed by atoms with Crippen LogP contribution in [-0.4, -0.2) is 39.0 Å². The minimum absolute atomic E-state index is 0.0139. The summed E-state index contributed by atoms with van der Waals surface area (Å²) in [6, 6.07) is 0. The van der Waals surface area contributed by atoms with Crippen LogP contribution in [0.3, 0.4) is 0 Å². The van der Waals surface area contributed by atoms with Crippen LogP contribution in [0.2, 0.25) is 0 Å². The first-order valence-corrected chi connectivity index (χ1v) is 5.13. The van der Waals surface area contributed by atoms with Gasteiger partial charge < -0.3 is 9.11 Å². The van der Waals surface area contributed by atoms with Crippen molar-refractivity contribution in [2.75, 3.05) is 0 Å². The SMILES string of the molecule is NNC(N)=[N+](N)N.NNC(N)=[N+](N)N.O=S(=O)([O-])[O-]. The van der Waals surface area contributed by atoms with Gasteiger partial charge in [-0.2, -0.15) is 11.7 Å². The number of nitrogens with zero attached hydrogens (tertiary/aromatic N) is 2. The second-order valence-corrected chi connectivity index (χ2v) is 3.10. The van der Waals surface area contributed by atoms with Gasteiger partial charge in [-0.15, -0.1) is 0 Å². The first kappa shape index (κ1) is 21.8. The lowest BCUT2D eigenvalue weighted by molar-refractivity contribution is -0.554. The largest absolute Gasteiger partial charge is 0.759 e. The predicted octanol–water partition coefficient (Wildman–Crippen LogP) is -8.29. The summed E-state index contributed by atoms with van der Waals surface area (Å²) in [6.07, 6.45) is 0. The third kappa shape index (κ3) is 31.3. The molecule has 0 heterocycles. The molecular weight excluding hydrogens is 288 g/mol. The molecule has 19 heavy (non-hydrogen) atoms. The molecule has 0 saturated heterocycles. The van der Waals surface area contributed by atoms with Crippen LogP contribution in [0.5, 0.6) is 0 Å². The summed E-state index contributed by atoms with van der Waals surface area (Å²) in [7, 11) is -5.17. The molecule has 0 aliphatic carbocycles. The van der Waals surface area contributed by atoms with Crippen molar-refractivity contribution >= 4 is 22.3 Å². The Morgan fingerprint density at radius 3 is 1.00 bits per heavy atom. The quantitative estimate of drug-likeness (QED) is 0.0377. The highest BCUT2D eigenvalue weighted by molar-refractivity contribution is 7.79. The third-order valence-corrected chi connectivity index (χ3v) is 0.852. The van der Waals surface area contributed by atoms with Gasteiger partial charge in [0, 0.05) is 10.4 Å². The molecule has 0 aliphatic rings. The molecule has 0 aliphatic heterocycles. The van der Waals surface area contributed by atoms with E-state index in [4.69, 9.17) is 64.0 Å². The van der Waals surface area contributed by atoms with Crippen LogP contribution < -0.4 is 57.4 Å². The number of hydrogen-bond donors (Lipinski definition) is 10. The molecule has 0 aromatic rings. The van der Waals surface area contributed by atoms with Crippen molar-refractivity contribution < 1.29 is 27.1 Å². The van der Waals surface area contributed by atoms with Gasteiger partial charge in [0.05, 0.1) is 0 Å². The number of hydrazone groups is 4. The number of nitrogens with one attached hydrogen (secondary N) is 2. The van der Waals surface area contributed by atoms with E-state index in [-0.39, 0.29) is 11.9 Å². The molecule has 0 radical (unpaired) electrons. The summed E-state index contributed by atoms with van der Waals surface area (Å²) in [5, 5.41) is 0. The second kappa shape index (κ2) is 10.7. The zero-order valence-electron chi connectivity index (χ0n) is 9.55. The summed E-state index contributed by atoms with van der Waals surface area (Å²) < 4.78 is 34.1. The van der Waals surface area contributed by atoms with Crippen LogP contribution in [0.4, 0.5) is 0 Å². The molecule has 0 amide bonds. The molecule has 0 unspecified atom stereocenters. The fourth-order valence-corrected chi connectivity index (χ4v) is 0.149. The van der Waals surface area contributed by atoms with Crippen LogP contribution in [-0.2, 0) is 10.4 Å². The fraction of sp³-hybridized carbons (Fsp3) is 0. The Balaban J connectivity index is -0.000000206. The van der Waals surface area contributed by atoms with Gasteiger partial charge in [0.25, 0.3) is 0 Å². The van der Waals surface area contributed by atoms with Crippen molar-refractivity contribution in [3.8, 4) is 0 Å². The summed E-state index contributed by atoms with van der Waals surface area (Å²) in [5.74, 6) is 29.0. The van der Waals surface area contributed by atoms with Crippen molar-refractivity contribution in [3.05, 3.63) is 0 Å². The van der Waals surface area contributed by atoms with E-state index in [1.165, 1.54) is 0 Å². The lowest BCUT2D eigenvalue weighted by atomic mass is 11.1. The fourth-order valence-electron chi connectivity index (χ4n) is 0.149. The molecule has 0 fully saturated rings. The molecule has 116 valence electrons. The van der Waals surface area contributed by atoms with Crippen LogP contribution in [0.1, 0.15) is 0 Å². The average Bonchev–Trinajstić information content (AvgIpc) is 2.25. The Kier molecular flexibility index (Phi) is 12.2. The maximum atomic E-state index is 8.52. The Morgan fingerprint density at radius 1 is 0.842 bits per heavy atom. The van der Waals surface area contributed by atoms with Crippen molar-refractivity contribution in [1.82, 2.24) is 10.9 Å². The van der Waals surface area contributed by atoms with Gasteiger partial charge >= 0.3 is 11.9 Å². The Morgan fingerprint density at radius 2 is 1.00 bits per heavy atom. The zero-order valence-corrected chi connectivity index (χ0v) is 10.4. The molecular formula is C2H18N12O4S. The van der Waals surface area contributed by atoms with Crippen molar-refractivity contribution in [3.63, 3.8) is 0 Å². The number of guanidine groups is 2. The van der Waals surface area contributed by atoms with Gasteiger partial charge in [-0.25, -0.2) is 10.9 Å². The smallest absolute Gasteiger partial charge is 0.404 e. The minimum Gasteiger partial charge on any atom is -0.759 e. The Labute approximate surface area is 108 Å². The van der Waals surface area contributed by atoms with Crippen LogP contribution >= 0.6 is 0 Å². The monoisotopic (exact) mass is 306 g/mol. The van der Waals surface area contributed by atoms with Crippen molar-refractivity contribution in [2.45, 2.75) is 0 Å². The normalized spacial score (nSPS) is 8.63. The Bertz CT molecular complexity index is 358. The molecule has 0 aromatic carbocycles. The highest BCUT2D eigenvalue weighted by Crippen LogP contribution is 1.57. The second-order valence-electron chi connectivity index (χ2n) is 2.28. The maximum Gasteiger partial charge on any atom is 0.404 e. The average molecular weight is 306 g/mol. The number of nitrogens with two attached hydrogens (primary N) is 8. The molecule has 0 bridgehead atoms. The van der Waals surface area contributed by atoms with E-state index in [0.717, 1.165) is 0 Å². The van der Waals surface area contributed by atoms with Crippen LogP contribution in [0, 0.1) is 0 Å². The highest BCUT2D eigenvalue weighted by Gasteiger charge is 1.93. The van der Waals surface area contributed by atoms with E-state index in [0.29, 0.717) is 9.59 Å².